The molecule has 7 nitrogen and oxygen atoms in total. The number of rotatable bonds is 9. The number of nitrogens with zero attached hydrogens (tertiary/aromatic N) is 4. The summed E-state index contributed by atoms with van der Waals surface area (Å²) in [6, 6.07) is 5.60. The second-order valence-electron chi connectivity index (χ2n) is 8.49. The van der Waals surface area contributed by atoms with Gasteiger partial charge in [0, 0.05) is 67.3 Å². The molecule has 0 saturated carbocycles. The minimum absolute atomic E-state index is 0.188. The molecule has 1 aliphatic rings. The number of hydrogen-bond acceptors (Lipinski definition) is 5. The molecule has 3 N–H and O–H groups in total. The number of aromatic nitrogens is 1. The third-order valence-electron chi connectivity index (χ3n) is 6.10. The number of pyridine rings is 1. The Kier molecular flexibility index (Phi) is 8.09. The van der Waals surface area contributed by atoms with Crippen LogP contribution in [0.1, 0.15) is 49.8 Å². The SMILES string of the molecule is C=C(CC)CCN(CCC)c1ccnc2c1CCN2C(=O)Nc1cc(C=NC)c(N)cc1C. The van der Waals surface area contributed by atoms with E-state index in [1.54, 1.807) is 24.4 Å². The fourth-order valence-corrected chi connectivity index (χ4v) is 4.18. The maximum atomic E-state index is 13.2. The number of nitrogens with one attached hydrogen (secondary N) is 1. The second-order valence-corrected chi connectivity index (χ2v) is 8.49. The van der Waals surface area contributed by atoms with Gasteiger partial charge in [-0.2, -0.15) is 0 Å². The number of carbonyl (C=O) groups excluding carboxylic acids is 1. The lowest BCUT2D eigenvalue weighted by Gasteiger charge is -2.27. The van der Waals surface area contributed by atoms with Crippen LogP contribution >= 0.6 is 0 Å². The van der Waals surface area contributed by atoms with Crippen molar-refractivity contribution in [3.63, 3.8) is 0 Å². The normalized spacial score (nSPS) is 12.8. The number of carbonyl (C=O) groups is 1. The van der Waals surface area contributed by atoms with Crippen molar-refractivity contribution in [2.24, 2.45) is 4.99 Å². The summed E-state index contributed by atoms with van der Waals surface area (Å²) in [6.07, 6.45) is 7.31. The number of aliphatic imine (C=N–C) groups is 1. The highest BCUT2D eigenvalue weighted by atomic mass is 16.2. The zero-order chi connectivity index (χ0) is 24.0. The van der Waals surface area contributed by atoms with E-state index in [0.717, 1.165) is 67.0 Å². The minimum atomic E-state index is -0.188. The van der Waals surface area contributed by atoms with Crippen LogP contribution in [0.3, 0.4) is 0 Å². The Morgan fingerprint density at radius 3 is 2.85 bits per heavy atom. The number of nitrogen functional groups attached to an aromatic ring is 1. The first-order chi connectivity index (χ1) is 15.9. The lowest BCUT2D eigenvalue weighted by molar-refractivity contribution is 0.257. The van der Waals surface area contributed by atoms with Crippen LogP contribution in [0.25, 0.3) is 0 Å². The smallest absolute Gasteiger partial charge is 0.327 e. The first-order valence-electron chi connectivity index (χ1n) is 11.7. The van der Waals surface area contributed by atoms with Gasteiger partial charge in [0.2, 0.25) is 0 Å². The standard InChI is InChI=1S/C26H36N6O/c1-6-12-31(13-9-18(3)7-2)24-8-11-29-25-21(24)10-14-32(25)26(33)30-23-16-20(17-28-5)22(27)15-19(23)4/h8,11,15-17H,3,6-7,9-10,12-14,27H2,1-2,4-5H3,(H,30,33). The zero-order valence-electron chi connectivity index (χ0n) is 20.3. The predicted octanol–water partition coefficient (Wildman–Crippen LogP) is 5.19. The van der Waals surface area contributed by atoms with Crippen LogP contribution in [0.5, 0.6) is 0 Å². The molecule has 176 valence electrons. The summed E-state index contributed by atoms with van der Waals surface area (Å²) in [7, 11) is 1.70. The molecule has 0 saturated heterocycles. The number of benzene rings is 1. The van der Waals surface area contributed by atoms with Gasteiger partial charge in [-0.1, -0.05) is 26.0 Å². The number of fused-ring (bicyclic) bond motifs is 1. The average molecular weight is 449 g/mol. The van der Waals surface area contributed by atoms with E-state index in [9.17, 15) is 4.79 Å². The van der Waals surface area contributed by atoms with Crippen LogP contribution < -0.4 is 20.9 Å². The third-order valence-corrected chi connectivity index (χ3v) is 6.10. The number of aryl methyl sites for hydroxylation is 1. The molecule has 2 aromatic rings. The molecule has 2 heterocycles. The number of nitrogens with two attached hydrogens (primary N) is 1. The van der Waals surface area contributed by atoms with Crippen LogP contribution in [0, 0.1) is 6.92 Å². The van der Waals surface area contributed by atoms with Crippen molar-refractivity contribution < 1.29 is 4.79 Å². The molecular formula is C26H36N6O. The molecule has 1 aromatic heterocycles. The molecule has 1 aliphatic heterocycles. The summed E-state index contributed by atoms with van der Waals surface area (Å²) in [5.41, 5.74) is 12.7. The number of amides is 2. The second kappa shape index (κ2) is 11.0. The van der Waals surface area contributed by atoms with E-state index in [-0.39, 0.29) is 6.03 Å². The summed E-state index contributed by atoms with van der Waals surface area (Å²) >= 11 is 0. The molecular weight excluding hydrogens is 412 g/mol. The number of urea groups is 1. The molecule has 0 bridgehead atoms. The Balaban J connectivity index is 1.84. The summed E-state index contributed by atoms with van der Waals surface area (Å²) in [5.74, 6) is 0.740. The topological polar surface area (TPSA) is 86.9 Å². The van der Waals surface area contributed by atoms with E-state index >= 15 is 0 Å². The highest BCUT2D eigenvalue weighted by Crippen LogP contribution is 2.35. The maximum absolute atomic E-state index is 13.2. The van der Waals surface area contributed by atoms with Crippen molar-refractivity contribution in [2.75, 3.05) is 47.5 Å². The van der Waals surface area contributed by atoms with E-state index in [4.69, 9.17) is 5.73 Å². The first-order valence-corrected chi connectivity index (χ1v) is 11.7. The quantitative estimate of drug-likeness (QED) is 0.314. The van der Waals surface area contributed by atoms with Gasteiger partial charge < -0.3 is 16.0 Å². The lowest BCUT2D eigenvalue weighted by Crippen LogP contribution is -2.34. The molecule has 33 heavy (non-hydrogen) atoms. The molecule has 0 aliphatic carbocycles. The lowest BCUT2D eigenvalue weighted by atomic mass is 10.1. The summed E-state index contributed by atoms with van der Waals surface area (Å²) < 4.78 is 0. The highest BCUT2D eigenvalue weighted by Gasteiger charge is 2.29. The molecule has 2 amide bonds. The largest absolute Gasteiger partial charge is 0.398 e. The van der Waals surface area contributed by atoms with E-state index in [0.29, 0.717) is 12.2 Å². The molecule has 0 radical (unpaired) electrons. The Morgan fingerprint density at radius 2 is 2.15 bits per heavy atom. The van der Waals surface area contributed by atoms with Crippen LogP contribution in [0.15, 0.2) is 41.5 Å². The van der Waals surface area contributed by atoms with E-state index in [1.807, 2.05) is 19.1 Å². The third kappa shape index (κ3) is 5.53. The molecule has 3 rings (SSSR count). The predicted molar refractivity (Wildman–Crippen MR) is 140 cm³/mol. The van der Waals surface area contributed by atoms with Crippen molar-refractivity contribution >= 4 is 35.1 Å². The molecule has 1 aromatic carbocycles. The van der Waals surface area contributed by atoms with Crippen molar-refractivity contribution in [1.82, 2.24) is 4.98 Å². The van der Waals surface area contributed by atoms with E-state index in [2.05, 4.69) is 46.7 Å². The molecule has 0 spiro atoms. The Bertz CT molecular complexity index is 1050. The summed E-state index contributed by atoms with van der Waals surface area (Å²) in [6.45, 7) is 12.9. The average Bonchev–Trinajstić information content (AvgIpc) is 3.24. The van der Waals surface area contributed by atoms with Crippen LogP contribution in [-0.4, -0.2) is 43.9 Å². The van der Waals surface area contributed by atoms with Gasteiger partial charge in [-0.3, -0.25) is 9.89 Å². The van der Waals surface area contributed by atoms with Crippen molar-refractivity contribution in [3.05, 3.63) is 53.2 Å². The molecule has 0 atom stereocenters. The Morgan fingerprint density at radius 1 is 1.36 bits per heavy atom. The number of hydrogen-bond donors (Lipinski definition) is 2. The van der Waals surface area contributed by atoms with Crippen LogP contribution in [-0.2, 0) is 6.42 Å². The summed E-state index contributed by atoms with van der Waals surface area (Å²) in [4.78, 5) is 26.0. The van der Waals surface area contributed by atoms with E-state index in [1.165, 1.54) is 11.3 Å². The first kappa shape index (κ1) is 24.3. The van der Waals surface area contributed by atoms with Gasteiger partial charge >= 0.3 is 6.03 Å². The van der Waals surface area contributed by atoms with Crippen molar-refractivity contribution in [3.8, 4) is 0 Å². The molecule has 0 unspecified atom stereocenters. The van der Waals surface area contributed by atoms with Gasteiger partial charge in [-0.05, 0) is 56.4 Å². The Hall–Kier alpha value is -3.35. The fourth-order valence-electron chi connectivity index (χ4n) is 4.18. The monoisotopic (exact) mass is 448 g/mol. The van der Waals surface area contributed by atoms with Gasteiger partial charge in [0.05, 0.1) is 0 Å². The maximum Gasteiger partial charge on any atom is 0.327 e. The highest BCUT2D eigenvalue weighted by molar-refractivity contribution is 6.04. The fraction of sp³-hybridized carbons (Fsp3) is 0.423. The van der Waals surface area contributed by atoms with Gasteiger partial charge in [0.15, 0.2) is 0 Å². The van der Waals surface area contributed by atoms with Gasteiger partial charge in [0.25, 0.3) is 0 Å². The van der Waals surface area contributed by atoms with Gasteiger partial charge in [0.1, 0.15) is 5.82 Å². The summed E-state index contributed by atoms with van der Waals surface area (Å²) in [5, 5.41) is 3.05. The van der Waals surface area contributed by atoms with Gasteiger partial charge in [-0.25, -0.2) is 9.78 Å². The van der Waals surface area contributed by atoms with Crippen LogP contribution in [0.2, 0.25) is 0 Å². The molecule has 7 heteroatoms. The van der Waals surface area contributed by atoms with E-state index < -0.39 is 0 Å². The zero-order valence-corrected chi connectivity index (χ0v) is 20.3. The Labute approximate surface area is 197 Å². The van der Waals surface area contributed by atoms with Crippen molar-refractivity contribution in [1.29, 1.82) is 0 Å². The van der Waals surface area contributed by atoms with Crippen LogP contribution in [0.4, 0.5) is 27.7 Å². The van der Waals surface area contributed by atoms with Gasteiger partial charge in [-0.15, -0.1) is 0 Å². The molecule has 0 fully saturated rings. The minimum Gasteiger partial charge on any atom is -0.398 e. The van der Waals surface area contributed by atoms with Crippen molar-refractivity contribution in [2.45, 2.75) is 46.5 Å². The number of anilines is 4.